The highest BCUT2D eigenvalue weighted by atomic mass is 35.5. The van der Waals surface area contributed by atoms with Gasteiger partial charge < -0.3 is 5.32 Å². The summed E-state index contributed by atoms with van der Waals surface area (Å²) in [5, 5.41) is 1.55. The summed E-state index contributed by atoms with van der Waals surface area (Å²) in [4.78, 5) is 12.5. The van der Waals surface area contributed by atoms with E-state index in [1.54, 1.807) is 0 Å². The Kier molecular flexibility index (Phi) is 10.2. The highest BCUT2D eigenvalue weighted by molar-refractivity contribution is 7.91. The van der Waals surface area contributed by atoms with Crippen molar-refractivity contribution >= 4 is 56.4 Å². The number of rotatable bonds is 8. The van der Waals surface area contributed by atoms with E-state index in [0.717, 1.165) is 30.3 Å². The molecule has 1 N–H and O–H groups in total. The number of allylic oxidation sites excluding steroid dienone is 1. The SMILES string of the molecule is Cc1cc(/C(F)=C/C(c2cc(Cl)c(Cl)c(Cl)c2)C(F)(F)F)ccc1C(=O)N[C@H](C)CS(=O)(=O)CC(F)(F)F. The van der Waals surface area contributed by atoms with Gasteiger partial charge in [-0.25, -0.2) is 12.8 Å². The lowest BCUT2D eigenvalue weighted by molar-refractivity contribution is -0.139. The van der Waals surface area contributed by atoms with Gasteiger partial charge in [-0.05, 0) is 55.3 Å². The molecule has 2 rings (SSSR count). The highest BCUT2D eigenvalue weighted by Crippen LogP contribution is 2.42. The maximum absolute atomic E-state index is 14.9. The number of hydrogen-bond acceptors (Lipinski definition) is 3. The molecule has 2 aromatic rings. The first kappa shape index (κ1) is 32.2. The Hall–Kier alpha value is -2.02. The quantitative estimate of drug-likeness (QED) is 0.241. The van der Waals surface area contributed by atoms with Gasteiger partial charge in [0, 0.05) is 17.2 Å². The summed E-state index contributed by atoms with van der Waals surface area (Å²) in [6.45, 7) is 2.53. The van der Waals surface area contributed by atoms with Crippen LogP contribution < -0.4 is 5.32 Å². The second-order valence-corrected chi connectivity index (χ2v) is 11.7. The molecular formula is C23H19Cl3F7NO3S. The van der Waals surface area contributed by atoms with E-state index in [0.29, 0.717) is 6.08 Å². The van der Waals surface area contributed by atoms with Gasteiger partial charge in [-0.1, -0.05) is 40.9 Å². The number of benzene rings is 2. The van der Waals surface area contributed by atoms with Gasteiger partial charge in [0.15, 0.2) is 9.84 Å². The minimum atomic E-state index is -4.94. The van der Waals surface area contributed by atoms with Crippen molar-refractivity contribution in [1.29, 1.82) is 0 Å². The second kappa shape index (κ2) is 12.0. The van der Waals surface area contributed by atoms with Crippen LogP contribution in [0.3, 0.4) is 0 Å². The maximum atomic E-state index is 14.9. The second-order valence-electron chi connectivity index (χ2n) is 8.41. The van der Waals surface area contributed by atoms with E-state index in [9.17, 15) is 43.9 Å². The molecule has 0 radical (unpaired) electrons. The average Bonchev–Trinajstić information content (AvgIpc) is 2.71. The summed E-state index contributed by atoms with van der Waals surface area (Å²) >= 11 is 17.4. The van der Waals surface area contributed by atoms with Crippen molar-refractivity contribution < 1.29 is 43.9 Å². The van der Waals surface area contributed by atoms with Gasteiger partial charge >= 0.3 is 12.4 Å². The van der Waals surface area contributed by atoms with E-state index >= 15 is 0 Å². The third-order valence-corrected chi connectivity index (χ3v) is 8.01. The summed E-state index contributed by atoms with van der Waals surface area (Å²) in [5.41, 5.74) is -0.755. The van der Waals surface area contributed by atoms with Gasteiger partial charge in [0.1, 0.15) is 17.5 Å². The molecule has 2 atom stereocenters. The topological polar surface area (TPSA) is 63.2 Å². The Morgan fingerprint density at radius 2 is 1.58 bits per heavy atom. The molecule has 0 fully saturated rings. The van der Waals surface area contributed by atoms with Gasteiger partial charge in [-0.15, -0.1) is 0 Å². The van der Waals surface area contributed by atoms with E-state index in [2.05, 4.69) is 5.32 Å². The summed E-state index contributed by atoms with van der Waals surface area (Å²) in [5.74, 6) is -7.63. The zero-order valence-corrected chi connectivity index (χ0v) is 22.5. The molecule has 2 aromatic carbocycles. The normalized spacial score (nSPS) is 14.8. The zero-order chi connectivity index (χ0) is 29.2. The molecular weight excluding hydrogens is 610 g/mol. The zero-order valence-electron chi connectivity index (χ0n) is 19.4. The molecule has 38 heavy (non-hydrogen) atoms. The van der Waals surface area contributed by atoms with Gasteiger partial charge in [0.25, 0.3) is 5.91 Å². The molecule has 0 aliphatic carbocycles. The first-order valence-electron chi connectivity index (χ1n) is 10.5. The van der Waals surface area contributed by atoms with E-state index < -0.39 is 63.0 Å². The fourth-order valence-electron chi connectivity index (χ4n) is 3.48. The molecule has 0 saturated carbocycles. The predicted octanol–water partition coefficient (Wildman–Crippen LogP) is 7.71. The predicted molar refractivity (Wildman–Crippen MR) is 132 cm³/mol. The van der Waals surface area contributed by atoms with Crippen LogP contribution in [0.15, 0.2) is 36.4 Å². The summed E-state index contributed by atoms with van der Waals surface area (Å²) in [6.07, 6.45) is -9.57. The molecule has 0 saturated heterocycles. The molecule has 0 spiro atoms. The highest BCUT2D eigenvalue weighted by Gasteiger charge is 2.40. The van der Waals surface area contributed by atoms with Crippen LogP contribution in [0.5, 0.6) is 0 Å². The fraction of sp³-hybridized carbons (Fsp3) is 0.348. The molecule has 0 aliphatic heterocycles. The van der Waals surface area contributed by atoms with E-state index in [1.165, 1.54) is 13.8 Å². The number of nitrogens with one attached hydrogen (secondary N) is 1. The van der Waals surface area contributed by atoms with E-state index in [1.807, 2.05) is 0 Å². The van der Waals surface area contributed by atoms with Crippen molar-refractivity contribution in [1.82, 2.24) is 5.32 Å². The van der Waals surface area contributed by atoms with Crippen LogP contribution in [0.1, 0.15) is 39.9 Å². The van der Waals surface area contributed by atoms with Gasteiger partial charge in [-0.2, -0.15) is 26.3 Å². The first-order valence-corrected chi connectivity index (χ1v) is 13.4. The van der Waals surface area contributed by atoms with Gasteiger partial charge in [0.05, 0.1) is 20.8 Å². The van der Waals surface area contributed by atoms with Crippen molar-refractivity contribution in [2.45, 2.75) is 38.2 Å². The maximum Gasteiger partial charge on any atom is 0.402 e. The largest absolute Gasteiger partial charge is 0.402 e. The van der Waals surface area contributed by atoms with Crippen molar-refractivity contribution in [3.05, 3.63) is 73.7 Å². The van der Waals surface area contributed by atoms with Crippen LogP contribution in [0.25, 0.3) is 5.83 Å². The molecule has 0 aliphatic rings. The molecule has 0 aromatic heterocycles. The Labute approximate surface area is 228 Å². The number of alkyl halides is 6. The number of carbonyl (C=O) groups excluding carboxylic acids is 1. The lowest BCUT2D eigenvalue weighted by atomic mass is 9.95. The summed E-state index contributed by atoms with van der Waals surface area (Å²) < 4.78 is 117. The van der Waals surface area contributed by atoms with Crippen molar-refractivity contribution in [3.8, 4) is 0 Å². The number of aryl methyl sites for hydroxylation is 1. The minimum absolute atomic E-state index is 0.0924. The number of carbonyl (C=O) groups is 1. The number of amides is 1. The Balaban J connectivity index is 2.28. The van der Waals surface area contributed by atoms with Crippen LogP contribution in [-0.2, 0) is 9.84 Å². The van der Waals surface area contributed by atoms with E-state index in [4.69, 9.17) is 34.8 Å². The molecule has 1 amide bonds. The first-order chi connectivity index (χ1) is 17.2. The van der Waals surface area contributed by atoms with Crippen LogP contribution in [0.2, 0.25) is 15.1 Å². The molecule has 0 bridgehead atoms. The fourth-order valence-corrected chi connectivity index (χ4v) is 5.55. The number of sulfone groups is 1. The minimum Gasteiger partial charge on any atom is -0.349 e. The smallest absolute Gasteiger partial charge is 0.349 e. The molecule has 0 heterocycles. The van der Waals surface area contributed by atoms with E-state index in [-0.39, 0.29) is 31.8 Å². The standard InChI is InChI=1S/C23H19Cl3F7NO3S/c1-11-5-13(3-4-15(11)21(35)34-12(2)9-38(36,37)10-22(28,29)30)19(27)8-16(23(31,32)33)14-6-17(24)20(26)18(25)7-14/h3-8,12,16H,9-10H2,1-2H3,(H,34,35)/b19-8-/t12-,16?/m1/s1. The lowest BCUT2D eigenvalue weighted by Gasteiger charge is -2.19. The third kappa shape index (κ3) is 9.03. The number of hydrogen-bond donors (Lipinski definition) is 1. The molecule has 4 nitrogen and oxygen atoms in total. The Morgan fingerprint density at radius 3 is 2.05 bits per heavy atom. The number of halogens is 10. The van der Waals surface area contributed by atoms with Crippen LogP contribution in [0, 0.1) is 6.92 Å². The van der Waals surface area contributed by atoms with Crippen molar-refractivity contribution in [2.75, 3.05) is 11.5 Å². The average molecular weight is 629 g/mol. The monoisotopic (exact) mass is 627 g/mol. The Bertz CT molecular complexity index is 1320. The summed E-state index contributed by atoms with van der Waals surface area (Å²) in [6, 6.07) is 3.81. The van der Waals surface area contributed by atoms with Gasteiger partial charge in [0.2, 0.25) is 0 Å². The summed E-state index contributed by atoms with van der Waals surface area (Å²) in [7, 11) is -4.56. The van der Waals surface area contributed by atoms with Crippen molar-refractivity contribution in [2.24, 2.45) is 0 Å². The van der Waals surface area contributed by atoms with Crippen LogP contribution >= 0.6 is 34.8 Å². The lowest BCUT2D eigenvalue weighted by Crippen LogP contribution is -2.40. The van der Waals surface area contributed by atoms with Crippen LogP contribution in [-0.4, -0.2) is 44.2 Å². The third-order valence-electron chi connectivity index (χ3n) is 5.04. The molecule has 1 unspecified atom stereocenters. The molecule has 15 heteroatoms. The van der Waals surface area contributed by atoms with Crippen molar-refractivity contribution in [3.63, 3.8) is 0 Å². The Morgan fingerprint density at radius 1 is 1.03 bits per heavy atom. The van der Waals surface area contributed by atoms with Gasteiger partial charge in [-0.3, -0.25) is 4.79 Å². The molecule has 210 valence electrons. The van der Waals surface area contributed by atoms with Crippen LogP contribution in [0.4, 0.5) is 30.7 Å².